The summed E-state index contributed by atoms with van der Waals surface area (Å²) in [6.07, 6.45) is 2.74. The van der Waals surface area contributed by atoms with E-state index in [0.29, 0.717) is 5.69 Å². The number of rotatable bonds is 5. The van der Waals surface area contributed by atoms with E-state index in [4.69, 9.17) is 0 Å². The Morgan fingerprint density at radius 1 is 1.42 bits per heavy atom. The van der Waals surface area contributed by atoms with Crippen molar-refractivity contribution in [3.8, 4) is 0 Å². The molecule has 0 unspecified atom stereocenters. The van der Waals surface area contributed by atoms with Crippen LogP contribution in [0.25, 0.3) is 0 Å². The molecule has 2 N–H and O–H groups in total. The highest BCUT2D eigenvalue weighted by Gasteiger charge is 2.33. The molecule has 0 saturated heterocycles. The van der Waals surface area contributed by atoms with Crippen molar-refractivity contribution in [1.29, 1.82) is 0 Å². The lowest BCUT2D eigenvalue weighted by atomic mass is 9.86. The molecule has 0 bridgehead atoms. The van der Waals surface area contributed by atoms with E-state index in [1.807, 2.05) is 17.7 Å². The molecule has 1 aromatic heterocycles. The van der Waals surface area contributed by atoms with E-state index in [9.17, 15) is 14.7 Å². The van der Waals surface area contributed by atoms with Crippen molar-refractivity contribution in [3.05, 3.63) is 24.0 Å². The molecule has 0 spiro atoms. The third kappa shape index (κ3) is 3.84. The van der Waals surface area contributed by atoms with Crippen LogP contribution >= 0.6 is 0 Å². The Morgan fingerprint density at radius 3 is 2.53 bits per heavy atom. The summed E-state index contributed by atoms with van der Waals surface area (Å²) >= 11 is 0. The molecule has 0 aliphatic carbocycles. The third-order valence-corrected chi connectivity index (χ3v) is 2.92. The Kier molecular flexibility index (Phi) is 4.75. The summed E-state index contributed by atoms with van der Waals surface area (Å²) in [5.41, 5.74) is -0.0405. The fraction of sp³-hybridized carbons (Fsp3) is 0.571. The van der Waals surface area contributed by atoms with Crippen molar-refractivity contribution >= 4 is 11.9 Å². The molecule has 106 valence electrons. The molecule has 1 rings (SSSR count). The minimum Gasteiger partial charge on any atom is -0.480 e. The van der Waals surface area contributed by atoms with Crippen LogP contribution in [0.4, 0.5) is 0 Å². The van der Waals surface area contributed by atoms with Gasteiger partial charge < -0.3 is 15.0 Å². The standard InChI is InChI=1S/C14H22N2O3/c1-5-8-16-9-6-7-10(16)12(17)15-11(13(18)19)14(2,3)4/h6-7,9,11H,5,8H2,1-4H3,(H,15,17)(H,18,19)/t11-/m0/s1. The lowest BCUT2D eigenvalue weighted by molar-refractivity contribution is -0.142. The van der Waals surface area contributed by atoms with Crippen LogP contribution in [-0.2, 0) is 11.3 Å². The van der Waals surface area contributed by atoms with Crippen LogP contribution in [0.15, 0.2) is 18.3 Å². The molecular formula is C14H22N2O3. The molecule has 0 aliphatic heterocycles. The average molecular weight is 266 g/mol. The van der Waals surface area contributed by atoms with E-state index in [0.717, 1.165) is 13.0 Å². The van der Waals surface area contributed by atoms with Gasteiger partial charge in [-0.05, 0) is 24.0 Å². The summed E-state index contributed by atoms with van der Waals surface area (Å²) in [5.74, 6) is -1.37. The highest BCUT2D eigenvalue weighted by atomic mass is 16.4. The average Bonchev–Trinajstić information content (AvgIpc) is 2.72. The lowest BCUT2D eigenvalue weighted by Crippen LogP contribution is -2.49. The van der Waals surface area contributed by atoms with Gasteiger partial charge in [-0.15, -0.1) is 0 Å². The maximum Gasteiger partial charge on any atom is 0.326 e. The number of carboxylic acid groups (broad SMARTS) is 1. The molecule has 1 aromatic rings. The monoisotopic (exact) mass is 266 g/mol. The van der Waals surface area contributed by atoms with E-state index in [1.165, 1.54) is 0 Å². The van der Waals surface area contributed by atoms with Gasteiger partial charge >= 0.3 is 5.97 Å². The predicted octanol–water partition coefficient (Wildman–Crippen LogP) is 2.13. The van der Waals surface area contributed by atoms with Gasteiger partial charge in [0, 0.05) is 12.7 Å². The topological polar surface area (TPSA) is 71.3 Å². The maximum absolute atomic E-state index is 12.2. The smallest absolute Gasteiger partial charge is 0.326 e. The Morgan fingerprint density at radius 2 is 2.05 bits per heavy atom. The number of nitrogens with zero attached hydrogens (tertiary/aromatic N) is 1. The number of carboxylic acids is 1. The molecule has 5 nitrogen and oxygen atoms in total. The maximum atomic E-state index is 12.2. The first-order valence-corrected chi connectivity index (χ1v) is 6.46. The number of hydrogen-bond acceptors (Lipinski definition) is 2. The molecular weight excluding hydrogens is 244 g/mol. The van der Waals surface area contributed by atoms with E-state index in [-0.39, 0.29) is 5.91 Å². The normalized spacial score (nSPS) is 13.1. The van der Waals surface area contributed by atoms with Crippen molar-refractivity contribution in [2.75, 3.05) is 0 Å². The quantitative estimate of drug-likeness (QED) is 0.857. The predicted molar refractivity (Wildman–Crippen MR) is 73.1 cm³/mol. The number of carbonyl (C=O) groups is 2. The van der Waals surface area contributed by atoms with E-state index < -0.39 is 17.4 Å². The molecule has 0 saturated carbocycles. The van der Waals surface area contributed by atoms with Crippen molar-refractivity contribution in [1.82, 2.24) is 9.88 Å². The lowest BCUT2D eigenvalue weighted by Gasteiger charge is -2.27. The first kappa shape index (κ1) is 15.3. The van der Waals surface area contributed by atoms with Crippen LogP contribution in [-0.4, -0.2) is 27.6 Å². The van der Waals surface area contributed by atoms with Gasteiger partial charge in [0.2, 0.25) is 0 Å². The number of aliphatic carboxylic acids is 1. The Balaban J connectivity index is 2.88. The van der Waals surface area contributed by atoms with Crippen molar-refractivity contribution in [2.24, 2.45) is 5.41 Å². The Labute approximate surface area is 113 Å². The van der Waals surface area contributed by atoms with Crippen molar-refractivity contribution < 1.29 is 14.7 Å². The molecule has 0 fully saturated rings. The fourth-order valence-electron chi connectivity index (χ4n) is 1.91. The highest BCUT2D eigenvalue weighted by Crippen LogP contribution is 2.20. The minimum atomic E-state index is -1.02. The molecule has 0 aliphatic rings. The second-order valence-corrected chi connectivity index (χ2v) is 5.70. The van der Waals surface area contributed by atoms with Gasteiger partial charge in [0.25, 0.3) is 5.91 Å². The highest BCUT2D eigenvalue weighted by molar-refractivity contribution is 5.95. The van der Waals surface area contributed by atoms with Gasteiger partial charge in [-0.2, -0.15) is 0 Å². The largest absolute Gasteiger partial charge is 0.480 e. The molecule has 1 heterocycles. The number of nitrogens with one attached hydrogen (secondary N) is 1. The second kappa shape index (κ2) is 5.91. The van der Waals surface area contributed by atoms with Crippen LogP contribution < -0.4 is 5.32 Å². The first-order valence-electron chi connectivity index (χ1n) is 6.46. The summed E-state index contributed by atoms with van der Waals surface area (Å²) < 4.78 is 1.83. The number of aryl methyl sites for hydroxylation is 1. The summed E-state index contributed by atoms with van der Waals surface area (Å²) in [6, 6.07) is 2.58. The minimum absolute atomic E-state index is 0.347. The Bertz CT molecular complexity index is 458. The fourth-order valence-corrected chi connectivity index (χ4v) is 1.91. The van der Waals surface area contributed by atoms with Crippen LogP contribution in [0.3, 0.4) is 0 Å². The van der Waals surface area contributed by atoms with Crippen molar-refractivity contribution in [2.45, 2.75) is 46.7 Å². The first-order chi connectivity index (χ1) is 8.77. The zero-order valence-electron chi connectivity index (χ0n) is 11.9. The van der Waals surface area contributed by atoms with Crippen LogP contribution in [0.2, 0.25) is 0 Å². The van der Waals surface area contributed by atoms with Gasteiger partial charge in [-0.25, -0.2) is 4.79 Å². The summed E-state index contributed by atoms with van der Waals surface area (Å²) in [5, 5.41) is 11.8. The van der Waals surface area contributed by atoms with Gasteiger partial charge in [-0.3, -0.25) is 4.79 Å². The van der Waals surface area contributed by atoms with E-state index in [1.54, 1.807) is 32.9 Å². The van der Waals surface area contributed by atoms with Crippen molar-refractivity contribution in [3.63, 3.8) is 0 Å². The Hall–Kier alpha value is -1.78. The number of hydrogen-bond donors (Lipinski definition) is 2. The molecule has 0 radical (unpaired) electrons. The zero-order chi connectivity index (χ0) is 14.6. The van der Waals surface area contributed by atoms with Gasteiger partial charge in [0.05, 0.1) is 0 Å². The van der Waals surface area contributed by atoms with Crippen LogP contribution in [0.5, 0.6) is 0 Å². The summed E-state index contributed by atoms with van der Waals surface area (Å²) in [4.78, 5) is 23.4. The van der Waals surface area contributed by atoms with E-state index >= 15 is 0 Å². The van der Waals surface area contributed by atoms with Gasteiger partial charge in [0.15, 0.2) is 0 Å². The van der Waals surface area contributed by atoms with Crippen LogP contribution in [0.1, 0.15) is 44.6 Å². The van der Waals surface area contributed by atoms with Gasteiger partial charge in [0.1, 0.15) is 11.7 Å². The summed E-state index contributed by atoms with van der Waals surface area (Å²) in [6.45, 7) is 8.13. The molecule has 5 heteroatoms. The SMILES string of the molecule is CCCn1cccc1C(=O)N[C@@H](C(=O)O)C(C)(C)C. The number of aromatic nitrogens is 1. The molecule has 1 atom stereocenters. The number of carbonyl (C=O) groups excluding carboxylic acids is 1. The van der Waals surface area contributed by atoms with Crippen LogP contribution in [0, 0.1) is 5.41 Å². The molecule has 1 amide bonds. The summed E-state index contributed by atoms with van der Waals surface area (Å²) in [7, 11) is 0. The molecule has 19 heavy (non-hydrogen) atoms. The second-order valence-electron chi connectivity index (χ2n) is 5.70. The van der Waals surface area contributed by atoms with E-state index in [2.05, 4.69) is 5.32 Å². The zero-order valence-corrected chi connectivity index (χ0v) is 11.9. The number of amides is 1. The third-order valence-electron chi connectivity index (χ3n) is 2.92. The van der Waals surface area contributed by atoms with Gasteiger partial charge in [-0.1, -0.05) is 27.7 Å². The molecule has 0 aromatic carbocycles.